The van der Waals surface area contributed by atoms with Gasteiger partial charge in [-0.1, -0.05) is 37.8 Å². The number of carbonyl (C=O) groups is 2. The van der Waals surface area contributed by atoms with E-state index in [0.29, 0.717) is 28.7 Å². The minimum atomic E-state index is -0.466. The van der Waals surface area contributed by atoms with Crippen molar-refractivity contribution in [2.24, 2.45) is 0 Å². The van der Waals surface area contributed by atoms with Gasteiger partial charge in [-0.15, -0.1) is 0 Å². The third kappa shape index (κ3) is 9.67. The number of hydrogen-bond donors (Lipinski definition) is 3. The number of amides is 2. The molecule has 0 spiro atoms. The molecule has 0 heterocycles. The van der Waals surface area contributed by atoms with Crippen LogP contribution in [-0.4, -0.2) is 30.1 Å². The first-order valence-corrected chi connectivity index (χ1v) is 10.8. The van der Waals surface area contributed by atoms with Crippen LogP contribution in [0.4, 0.5) is 0 Å². The molecule has 0 aromatic heterocycles. The van der Waals surface area contributed by atoms with Gasteiger partial charge in [0.25, 0.3) is 11.8 Å². The van der Waals surface area contributed by atoms with Crippen LogP contribution in [-0.2, 0) is 4.79 Å². The molecule has 2 rings (SSSR count). The third-order valence-electron chi connectivity index (χ3n) is 4.11. The summed E-state index contributed by atoms with van der Waals surface area (Å²) in [6.07, 6.45) is 4.53. The highest BCUT2D eigenvalue weighted by atomic mass is 35.5. The van der Waals surface area contributed by atoms with Crippen LogP contribution >= 0.6 is 23.8 Å². The van der Waals surface area contributed by atoms with Gasteiger partial charge in [0.15, 0.2) is 11.7 Å². The van der Waals surface area contributed by atoms with Crippen LogP contribution < -0.4 is 25.6 Å². The first kappa shape index (κ1) is 24.4. The van der Waals surface area contributed by atoms with E-state index in [9.17, 15) is 9.59 Å². The van der Waals surface area contributed by atoms with Gasteiger partial charge in [0, 0.05) is 10.6 Å². The first-order chi connectivity index (χ1) is 15.0. The van der Waals surface area contributed by atoms with Gasteiger partial charge in [0.2, 0.25) is 0 Å². The van der Waals surface area contributed by atoms with Crippen molar-refractivity contribution in [1.29, 1.82) is 0 Å². The summed E-state index contributed by atoms with van der Waals surface area (Å²) < 4.78 is 11.0. The maximum absolute atomic E-state index is 12.3. The average Bonchev–Trinajstić information content (AvgIpc) is 2.77. The molecule has 0 aliphatic carbocycles. The Labute approximate surface area is 192 Å². The number of halogens is 1. The molecule has 2 aromatic rings. The van der Waals surface area contributed by atoms with E-state index in [1.807, 2.05) is 0 Å². The van der Waals surface area contributed by atoms with E-state index in [2.05, 4.69) is 23.1 Å². The van der Waals surface area contributed by atoms with Crippen molar-refractivity contribution in [3.63, 3.8) is 0 Å². The number of hydrogen-bond acceptors (Lipinski definition) is 5. The number of ether oxygens (including phenoxy) is 2. The maximum atomic E-state index is 12.3. The molecule has 166 valence electrons. The van der Waals surface area contributed by atoms with Crippen molar-refractivity contribution in [2.45, 2.75) is 32.6 Å². The lowest BCUT2D eigenvalue weighted by Gasteiger charge is -2.12. The summed E-state index contributed by atoms with van der Waals surface area (Å²) in [5, 5.41) is 3.02. The molecule has 0 saturated heterocycles. The van der Waals surface area contributed by atoms with Gasteiger partial charge in [0.05, 0.1) is 6.61 Å². The van der Waals surface area contributed by atoms with Crippen LogP contribution in [0.1, 0.15) is 43.0 Å². The van der Waals surface area contributed by atoms with Crippen molar-refractivity contribution >= 4 is 40.7 Å². The number of benzene rings is 2. The second kappa shape index (κ2) is 13.5. The quantitative estimate of drug-likeness (QED) is 0.280. The van der Waals surface area contributed by atoms with E-state index >= 15 is 0 Å². The highest BCUT2D eigenvalue weighted by molar-refractivity contribution is 7.80. The summed E-state index contributed by atoms with van der Waals surface area (Å²) >= 11 is 10.8. The van der Waals surface area contributed by atoms with Gasteiger partial charge >= 0.3 is 0 Å². The van der Waals surface area contributed by atoms with Crippen LogP contribution in [0.15, 0.2) is 48.5 Å². The topological polar surface area (TPSA) is 88.7 Å². The van der Waals surface area contributed by atoms with E-state index in [-0.39, 0.29) is 11.7 Å². The van der Waals surface area contributed by atoms with Crippen LogP contribution in [0.5, 0.6) is 11.5 Å². The second-order valence-corrected chi connectivity index (χ2v) is 7.48. The Morgan fingerprint density at radius 2 is 1.55 bits per heavy atom. The fourth-order valence-electron chi connectivity index (χ4n) is 2.47. The molecular weight excluding hydrogens is 438 g/mol. The molecule has 2 amide bonds. The second-order valence-electron chi connectivity index (χ2n) is 6.63. The number of thiocarbonyl (C=S) groups is 1. The van der Waals surface area contributed by atoms with Crippen LogP contribution in [0, 0.1) is 0 Å². The van der Waals surface area contributed by atoms with E-state index in [0.717, 1.165) is 12.8 Å². The summed E-state index contributed by atoms with van der Waals surface area (Å²) in [4.78, 5) is 24.1. The molecule has 0 bridgehead atoms. The Kier molecular flexibility index (Phi) is 10.6. The maximum Gasteiger partial charge on any atom is 0.276 e. The van der Waals surface area contributed by atoms with Crippen LogP contribution in [0.25, 0.3) is 0 Å². The molecule has 0 unspecified atom stereocenters. The number of unbranched alkanes of at least 4 members (excludes halogenated alkanes) is 3. The number of carbonyl (C=O) groups excluding carboxylic acids is 2. The van der Waals surface area contributed by atoms with E-state index in [4.69, 9.17) is 33.3 Å². The number of rotatable bonds is 10. The third-order valence-corrected chi connectivity index (χ3v) is 4.57. The number of nitrogens with one attached hydrogen (secondary N) is 3. The largest absolute Gasteiger partial charge is 0.494 e. The highest BCUT2D eigenvalue weighted by Gasteiger charge is 2.09. The van der Waals surface area contributed by atoms with Crippen LogP contribution in [0.3, 0.4) is 0 Å². The predicted molar refractivity (Wildman–Crippen MR) is 124 cm³/mol. The molecule has 0 saturated carbocycles. The Morgan fingerprint density at radius 3 is 2.23 bits per heavy atom. The average molecular weight is 464 g/mol. The van der Waals surface area contributed by atoms with Gasteiger partial charge < -0.3 is 9.47 Å². The fraction of sp³-hybridized carbons (Fsp3) is 0.318. The molecule has 0 atom stereocenters. The summed E-state index contributed by atoms with van der Waals surface area (Å²) in [7, 11) is 0. The van der Waals surface area contributed by atoms with Gasteiger partial charge in [-0.25, -0.2) is 0 Å². The van der Waals surface area contributed by atoms with E-state index < -0.39 is 11.8 Å². The normalized spacial score (nSPS) is 10.1. The lowest BCUT2D eigenvalue weighted by Crippen LogP contribution is -2.49. The molecule has 7 nitrogen and oxygen atoms in total. The minimum Gasteiger partial charge on any atom is -0.494 e. The standard InChI is InChI=1S/C22H26ClN3O4S/c1-2-3-4-5-14-29-18-10-6-16(7-11-18)21(28)24-22(31)26-25-20(27)15-30-19-12-8-17(23)9-13-19/h6-13H,2-5,14-15H2,1H3,(H,25,27)(H2,24,26,28,31). The Balaban J connectivity index is 1.67. The number of hydrazine groups is 1. The molecule has 0 aliphatic heterocycles. The molecule has 3 N–H and O–H groups in total. The highest BCUT2D eigenvalue weighted by Crippen LogP contribution is 2.15. The monoisotopic (exact) mass is 463 g/mol. The van der Waals surface area contributed by atoms with Gasteiger partial charge in [-0.3, -0.25) is 25.8 Å². The summed E-state index contributed by atoms with van der Waals surface area (Å²) in [6, 6.07) is 13.4. The van der Waals surface area contributed by atoms with Crippen molar-refractivity contribution in [3.8, 4) is 11.5 Å². The zero-order valence-corrected chi connectivity index (χ0v) is 18.9. The van der Waals surface area contributed by atoms with E-state index in [1.165, 1.54) is 12.8 Å². The molecule has 0 fully saturated rings. The van der Waals surface area contributed by atoms with Gasteiger partial charge in [0.1, 0.15) is 11.5 Å². The van der Waals surface area contributed by atoms with Crippen molar-refractivity contribution < 1.29 is 19.1 Å². The zero-order chi connectivity index (χ0) is 22.5. The predicted octanol–water partition coefficient (Wildman–Crippen LogP) is 4.01. The van der Waals surface area contributed by atoms with Gasteiger partial charge in [-0.2, -0.15) is 0 Å². The first-order valence-electron chi connectivity index (χ1n) is 9.99. The smallest absolute Gasteiger partial charge is 0.276 e. The molecule has 0 aliphatic rings. The summed E-state index contributed by atoms with van der Waals surface area (Å²) in [6.45, 7) is 2.59. The fourth-order valence-corrected chi connectivity index (χ4v) is 2.74. The van der Waals surface area contributed by atoms with E-state index in [1.54, 1.807) is 48.5 Å². The summed E-state index contributed by atoms with van der Waals surface area (Å²) in [5.74, 6) is 0.344. The van der Waals surface area contributed by atoms with Crippen molar-refractivity contribution in [1.82, 2.24) is 16.2 Å². The minimum absolute atomic E-state index is 0.0407. The molecule has 9 heteroatoms. The SMILES string of the molecule is CCCCCCOc1ccc(C(=O)NC(=S)NNC(=O)COc2ccc(Cl)cc2)cc1. The molecule has 2 aromatic carbocycles. The Bertz CT molecular complexity index is 860. The molecular formula is C22H26ClN3O4S. The lowest BCUT2D eigenvalue weighted by atomic mass is 10.2. The molecule has 31 heavy (non-hydrogen) atoms. The van der Waals surface area contributed by atoms with Crippen LogP contribution in [0.2, 0.25) is 5.02 Å². The van der Waals surface area contributed by atoms with Crippen molar-refractivity contribution in [3.05, 3.63) is 59.1 Å². The van der Waals surface area contributed by atoms with Crippen molar-refractivity contribution in [2.75, 3.05) is 13.2 Å². The van der Waals surface area contributed by atoms with Gasteiger partial charge in [-0.05, 0) is 67.2 Å². The zero-order valence-electron chi connectivity index (χ0n) is 17.3. The lowest BCUT2D eigenvalue weighted by molar-refractivity contribution is -0.123. The molecule has 0 radical (unpaired) electrons. The summed E-state index contributed by atoms with van der Waals surface area (Å²) in [5.41, 5.74) is 5.23. The Hall–Kier alpha value is -2.84. The Morgan fingerprint density at radius 1 is 0.903 bits per heavy atom.